The Hall–Kier alpha value is -2.82. The van der Waals surface area contributed by atoms with Crippen LogP contribution in [0, 0.1) is 0 Å². The van der Waals surface area contributed by atoms with Crippen molar-refractivity contribution in [3.05, 3.63) is 70.8 Å². The zero-order valence-corrected chi connectivity index (χ0v) is 16.0. The summed E-state index contributed by atoms with van der Waals surface area (Å²) in [6, 6.07) is 6.82. The highest BCUT2D eigenvalue weighted by atomic mass is 16.4. The fourth-order valence-corrected chi connectivity index (χ4v) is 4.54. The molecule has 2 aliphatic rings. The molecule has 1 aromatic heterocycles. The number of aromatic nitrogens is 2. The summed E-state index contributed by atoms with van der Waals surface area (Å²) in [4.78, 5) is 25.7. The van der Waals surface area contributed by atoms with Crippen molar-refractivity contribution in [2.24, 2.45) is 4.99 Å². The van der Waals surface area contributed by atoms with E-state index in [0.717, 1.165) is 29.1 Å². The molecule has 1 aliphatic carbocycles. The first kappa shape index (κ1) is 17.6. The number of fused-ring (bicyclic) bond motifs is 1. The van der Waals surface area contributed by atoms with Crippen LogP contribution in [0.5, 0.6) is 0 Å². The number of nitrogens with zero attached hydrogens (tertiary/aromatic N) is 3. The smallest absolute Gasteiger partial charge is 0.335 e. The number of carbonyl (C=O) groups is 1. The minimum absolute atomic E-state index is 0.00452. The molecule has 1 aliphatic heterocycles. The maximum Gasteiger partial charge on any atom is 0.335 e. The molecule has 0 radical (unpaired) electrons. The Morgan fingerprint density at radius 1 is 1.04 bits per heavy atom. The fourth-order valence-electron chi connectivity index (χ4n) is 4.54. The van der Waals surface area contributed by atoms with E-state index in [4.69, 9.17) is 20.1 Å². The van der Waals surface area contributed by atoms with E-state index in [9.17, 15) is 4.79 Å². The van der Waals surface area contributed by atoms with Crippen molar-refractivity contribution in [3.63, 3.8) is 0 Å². The minimum Gasteiger partial charge on any atom is -0.478 e. The van der Waals surface area contributed by atoms with E-state index in [1.165, 1.54) is 0 Å². The Morgan fingerprint density at radius 2 is 1.70 bits per heavy atom. The topological polar surface area (TPSA) is 75.4 Å². The molecule has 1 unspecified atom stereocenters. The molecule has 0 bridgehead atoms. The van der Waals surface area contributed by atoms with Crippen LogP contribution >= 0.6 is 0 Å². The highest BCUT2D eigenvalue weighted by Crippen LogP contribution is 2.48. The van der Waals surface area contributed by atoms with Crippen LogP contribution < -0.4 is 0 Å². The largest absolute Gasteiger partial charge is 0.478 e. The first-order chi connectivity index (χ1) is 12.7. The third kappa shape index (κ3) is 2.60. The summed E-state index contributed by atoms with van der Waals surface area (Å²) >= 11 is 0. The van der Waals surface area contributed by atoms with E-state index in [0.29, 0.717) is 0 Å². The summed E-state index contributed by atoms with van der Waals surface area (Å²) in [5.74, 6) is -0.942. The van der Waals surface area contributed by atoms with E-state index >= 15 is 0 Å². The van der Waals surface area contributed by atoms with Gasteiger partial charge in [0.1, 0.15) is 5.54 Å². The number of aliphatic imine (C=N–C) groups is 1. The molecule has 2 heterocycles. The van der Waals surface area contributed by atoms with E-state index in [2.05, 4.69) is 27.7 Å². The van der Waals surface area contributed by atoms with Gasteiger partial charge in [-0.15, -0.1) is 0 Å². The summed E-state index contributed by atoms with van der Waals surface area (Å²) < 4.78 is 0. The van der Waals surface area contributed by atoms with Crippen LogP contribution in [0.3, 0.4) is 0 Å². The van der Waals surface area contributed by atoms with Crippen molar-refractivity contribution < 1.29 is 9.90 Å². The van der Waals surface area contributed by atoms with Crippen LogP contribution in [0.25, 0.3) is 0 Å². The average Bonchev–Trinajstić information content (AvgIpc) is 3.17. The molecule has 4 rings (SSSR count). The molecule has 27 heavy (non-hydrogen) atoms. The molecule has 5 heteroatoms. The van der Waals surface area contributed by atoms with Gasteiger partial charge in [0.25, 0.3) is 0 Å². The van der Waals surface area contributed by atoms with Gasteiger partial charge in [0.2, 0.25) is 0 Å². The van der Waals surface area contributed by atoms with Crippen molar-refractivity contribution >= 4 is 12.2 Å². The first-order valence-electron chi connectivity index (χ1n) is 9.11. The van der Waals surface area contributed by atoms with Gasteiger partial charge in [0, 0.05) is 17.0 Å². The molecule has 0 amide bonds. The Bertz CT molecular complexity index is 973. The molecule has 5 nitrogen and oxygen atoms in total. The SMILES string of the molecule is CC1(C)CC(C)(C)c2nc(C3(c4ccc(C(=O)O)cc4)C=CC=N3)cnc21. The normalized spacial score (nSPS) is 24.1. The molecule has 0 spiro atoms. The van der Waals surface area contributed by atoms with Crippen molar-refractivity contribution in [2.45, 2.75) is 50.5 Å². The predicted molar refractivity (Wildman–Crippen MR) is 105 cm³/mol. The number of carboxylic acids is 1. The van der Waals surface area contributed by atoms with Gasteiger partial charge in [0.15, 0.2) is 0 Å². The lowest BCUT2D eigenvalue weighted by Gasteiger charge is -2.26. The quantitative estimate of drug-likeness (QED) is 0.896. The molecule has 0 saturated heterocycles. The van der Waals surface area contributed by atoms with Crippen LogP contribution in [0.1, 0.15) is 67.1 Å². The van der Waals surface area contributed by atoms with E-state index < -0.39 is 11.5 Å². The second-order valence-electron chi connectivity index (χ2n) is 8.68. The molecular weight excluding hydrogens is 338 g/mol. The minimum atomic E-state index is -0.942. The summed E-state index contributed by atoms with van der Waals surface area (Å²) in [5, 5.41) is 9.17. The molecule has 138 valence electrons. The van der Waals surface area contributed by atoms with Crippen molar-refractivity contribution in [1.29, 1.82) is 0 Å². The van der Waals surface area contributed by atoms with Crippen molar-refractivity contribution in [1.82, 2.24) is 9.97 Å². The molecule has 1 aromatic carbocycles. The standard InChI is InChI=1S/C22H23N3O2/c1-20(2)13-21(3,4)18-17(20)23-12-16(25-18)22(10-5-11-24-22)15-8-6-14(7-9-15)19(26)27/h5-12H,13H2,1-4H3,(H,26,27). The van der Waals surface area contributed by atoms with Crippen LogP contribution in [0.15, 0.2) is 47.6 Å². The zero-order chi connectivity index (χ0) is 19.4. The van der Waals surface area contributed by atoms with Gasteiger partial charge in [-0.2, -0.15) is 0 Å². The average molecular weight is 361 g/mol. The van der Waals surface area contributed by atoms with Gasteiger partial charge in [-0.3, -0.25) is 15.0 Å². The molecular formula is C22H23N3O2. The van der Waals surface area contributed by atoms with Crippen molar-refractivity contribution in [2.75, 3.05) is 0 Å². The van der Waals surface area contributed by atoms with Gasteiger partial charge in [-0.05, 0) is 36.3 Å². The Morgan fingerprint density at radius 3 is 2.30 bits per heavy atom. The monoisotopic (exact) mass is 361 g/mol. The van der Waals surface area contributed by atoms with Gasteiger partial charge in [-0.1, -0.05) is 39.8 Å². The summed E-state index contributed by atoms with van der Waals surface area (Å²) in [5.41, 5.74) is 3.16. The molecule has 1 atom stereocenters. The van der Waals surface area contributed by atoms with Gasteiger partial charge < -0.3 is 5.11 Å². The van der Waals surface area contributed by atoms with Gasteiger partial charge in [0.05, 0.1) is 28.8 Å². The van der Waals surface area contributed by atoms with Crippen LogP contribution in [-0.4, -0.2) is 27.3 Å². The van der Waals surface area contributed by atoms with E-state index in [1.807, 2.05) is 18.3 Å². The lowest BCUT2D eigenvalue weighted by Crippen LogP contribution is -2.25. The molecule has 1 N–H and O–H groups in total. The Labute approximate surface area is 158 Å². The highest BCUT2D eigenvalue weighted by molar-refractivity contribution is 5.87. The van der Waals surface area contributed by atoms with Crippen molar-refractivity contribution in [3.8, 4) is 0 Å². The van der Waals surface area contributed by atoms with Crippen LogP contribution in [0.4, 0.5) is 0 Å². The second kappa shape index (κ2) is 5.59. The second-order valence-corrected chi connectivity index (χ2v) is 8.68. The van der Waals surface area contributed by atoms with Crippen LogP contribution in [-0.2, 0) is 16.4 Å². The maximum atomic E-state index is 11.2. The molecule has 0 fully saturated rings. The number of benzene rings is 1. The van der Waals surface area contributed by atoms with Gasteiger partial charge >= 0.3 is 5.97 Å². The number of aromatic carboxylic acids is 1. The lowest BCUT2D eigenvalue weighted by atomic mass is 9.83. The summed E-state index contributed by atoms with van der Waals surface area (Å²) in [7, 11) is 0. The number of rotatable bonds is 3. The van der Waals surface area contributed by atoms with E-state index in [1.54, 1.807) is 30.5 Å². The van der Waals surface area contributed by atoms with Gasteiger partial charge in [-0.25, -0.2) is 4.79 Å². The lowest BCUT2D eigenvalue weighted by molar-refractivity contribution is 0.0697. The number of carboxylic acid groups (broad SMARTS) is 1. The third-order valence-corrected chi connectivity index (χ3v) is 5.60. The summed E-state index contributed by atoms with van der Waals surface area (Å²) in [6.07, 6.45) is 8.47. The summed E-state index contributed by atoms with van der Waals surface area (Å²) in [6.45, 7) is 8.84. The Kier molecular flexibility index (Phi) is 3.64. The molecule has 0 saturated carbocycles. The number of hydrogen-bond donors (Lipinski definition) is 1. The third-order valence-electron chi connectivity index (χ3n) is 5.60. The number of allylic oxidation sites excluding steroid dienone is 1. The Balaban J connectivity index is 1.86. The fraction of sp³-hybridized carbons (Fsp3) is 0.364. The maximum absolute atomic E-state index is 11.2. The zero-order valence-electron chi connectivity index (χ0n) is 16.0. The highest BCUT2D eigenvalue weighted by Gasteiger charge is 2.46. The first-order valence-corrected chi connectivity index (χ1v) is 9.11. The molecule has 2 aromatic rings. The van der Waals surface area contributed by atoms with E-state index in [-0.39, 0.29) is 16.4 Å². The van der Waals surface area contributed by atoms with Crippen LogP contribution in [0.2, 0.25) is 0 Å². The predicted octanol–water partition coefficient (Wildman–Crippen LogP) is 4.02. The number of hydrogen-bond acceptors (Lipinski definition) is 4.